The molecule has 0 N–H and O–H groups in total. The van der Waals surface area contributed by atoms with Gasteiger partial charge < -0.3 is 9.64 Å². The van der Waals surface area contributed by atoms with Crippen LogP contribution in [0, 0.1) is 18.6 Å². The van der Waals surface area contributed by atoms with Crippen LogP contribution in [0.5, 0.6) is 5.75 Å². The van der Waals surface area contributed by atoms with E-state index in [1.165, 1.54) is 6.07 Å². The second kappa shape index (κ2) is 10.3. The van der Waals surface area contributed by atoms with Gasteiger partial charge in [-0.2, -0.15) is 0 Å². The van der Waals surface area contributed by atoms with Crippen LogP contribution in [0.15, 0.2) is 60.7 Å². The Morgan fingerprint density at radius 1 is 1.00 bits per heavy atom. The minimum Gasteiger partial charge on any atom is -0.487 e. The van der Waals surface area contributed by atoms with Crippen LogP contribution in [0.1, 0.15) is 27.0 Å². The first kappa shape index (κ1) is 23.2. The van der Waals surface area contributed by atoms with Gasteiger partial charge in [-0.15, -0.1) is 0 Å². The van der Waals surface area contributed by atoms with E-state index in [4.69, 9.17) is 16.3 Å². The minimum atomic E-state index is -0.838. The third-order valence-electron chi connectivity index (χ3n) is 5.74. The third kappa shape index (κ3) is 5.70. The smallest absolute Gasteiger partial charge is 0.253 e. The number of aryl methyl sites for hydroxylation is 1. The summed E-state index contributed by atoms with van der Waals surface area (Å²) in [4.78, 5) is 16.8. The van der Waals surface area contributed by atoms with E-state index in [2.05, 4.69) is 0 Å². The van der Waals surface area contributed by atoms with Gasteiger partial charge in [0.05, 0.1) is 5.02 Å². The highest BCUT2D eigenvalue weighted by atomic mass is 35.5. The molecule has 0 bridgehead atoms. The highest BCUT2D eigenvalue weighted by molar-refractivity contribution is 6.32. The lowest BCUT2D eigenvalue weighted by atomic mass is 10.1. The van der Waals surface area contributed by atoms with Gasteiger partial charge in [0.2, 0.25) is 0 Å². The summed E-state index contributed by atoms with van der Waals surface area (Å²) >= 11 is 6.20. The first-order valence-corrected chi connectivity index (χ1v) is 11.2. The molecule has 0 unspecified atom stereocenters. The van der Waals surface area contributed by atoms with E-state index in [1.54, 1.807) is 23.1 Å². The van der Waals surface area contributed by atoms with E-state index in [9.17, 15) is 13.6 Å². The zero-order valence-electron chi connectivity index (χ0n) is 18.4. The number of halogens is 3. The maximum absolute atomic E-state index is 13.9. The van der Waals surface area contributed by atoms with E-state index in [-0.39, 0.29) is 5.91 Å². The maximum Gasteiger partial charge on any atom is 0.253 e. The summed E-state index contributed by atoms with van der Waals surface area (Å²) in [6.45, 7) is 4.82. The fourth-order valence-electron chi connectivity index (χ4n) is 3.88. The van der Waals surface area contributed by atoms with E-state index in [0.717, 1.165) is 17.2 Å². The van der Waals surface area contributed by atoms with Crippen molar-refractivity contribution in [1.29, 1.82) is 0 Å². The lowest BCUT2D eigenvalue weighted by Crippen LogP contribution is -2.48. The van der Waals surface area contributed by atoms with Crippen molar-refractivity contribution < 1.29 is 18.3 Å². The largest absolute Gasteiger partial charge is 0.487 e. The molecule has 0 radical (unpaired) electrons. The number of piperazine rings is 1. The maximum atomic E-state index is 13.9. The molecule has 4 rings (SSSR count). The molecule has 172 valence electrons. The first-order chi connectivity index (χ1) is 15.9. The lowest BCUT2D eigenvalue weighted by Gasteiger charge is -2.35. The number of amides is 1. The predicted octanol–water partition coefficient (Wildman–Crippen LogP) is 5.46. The Balaban J connectivity index is 1.34. The van der Waals surface area contributed by atoms with Gasteiger partial charge in [0.15, 0.2) is 11.6 Å². The van der Waals surface area contributed by atoms with Crippen molar-refractivity contribution in [2.45, 2.75) is 20.1 Å². The monoisotopic (exact) mass is 470 g/mol. The molecule has 0 atom stereocenters. The number of rotatable bonds is 6. The average molecular weight is 471 g/mol. The van der Waals surface area contributed by atoms with Crippen LogP contribution in [-0.4, -0.2) is 41.9 Å². The van der Waals surface area contributed by atoms with Crippen molar-refractivity contribution in [3.63, 3.8) is 0 Å². The summed E-state index contributed by atoms with van der Waals surface area (Å²) in [6.07, 6.45) is 0. The topological polar surface area (TPSA) is 32.8 Å². The molecular weight excluding hydrogens is 446 g/mol. The Bertz CT molecular complexity index is 1150. The van der Waals surface area contributed by atoms with Crippen LogP contribution < -0.4 is 4.74 Å². The highest BCUT2D eigenvalue weighted by Gasteiger charge is 2.23. The number of ether oxygens (including phenoxy) is 1. The van der Waals surface area contributed by atoms with Crippen LogP contribution in [-0.2, 0) is 13.2 Å². The Hall–Kier alpha value is -2.96. The summed E-state index contributed by atoms with van der Waals surface area (Å²) < 4.78 is 33.3. The zero-order chi connectivity index (χ0) is 23.4. The Kier molecular flexibility index (Phi) is 7.26. The van der Waals surface area contributed by atoms with Gasteiger partial charge in [0.1, 0.15) is 12.4 Å². The molecule has 4 nitrogen and oxygen atoms in total. The van der Waals surface area contributed by atoms with Gasteiger partial charge in [-0.25, -0.2) is 8.78 Å². The van der Waals surface area contributed by atoms with Crippen LogP contribution in [0.25, 0.3) is 0 Å². The van der Waals surface area contributed by atoms with E-state index in [1.807, 2.05) is 42.2 Å². The third-order valence-corrected chi connectivity index (χ3v) is 6.05. The van der Waals surface area contributed by atoms with Crippen LogP contribution >= 0.6 is 11.6 Å². The van der Waals surface area contributed by atoms with Gasteiger partial charge in [0, 0.05) is 43.9 Å². The molecule has 1 saturated heterocycles. The first-order valence-electron chi connectivity index (χ1n) is 10.8. The summed E-state index contributed by atoms with van der Waals surface area (Å²) in [5.74, 6) is -1.09. The molecule has 33 heavy (non-hydrogen) atoms. The molecule has 1 amide bonds. The number of benzene rings is 3. The van der Waals surface area contributed by atoms with E-state index < -0.39 is 11.6 Å². The molecule has 0 saturated carbocycles. The molecule has 7 heteroatoms. The standard InChI is InChI=1S/C26H25ClF2N2O2/c1-18-8-9-22(27)24(14-18)33-17-19-4-2-5-20(15-19)26(32)31-12-10-30(11-13-31)16-21-6-3-7-23(28)25(21)29/h2-9,14-15H,10-13,16-17H2,1H3. The second-order valence-corrected chi connectivity index (χ2v) is 8.61. The molecule has 3 aromatic rings. The zero-order valence-corrected chi connectivity index (χ0v) is 19.1. The quantitative estimate of drug-likeness (QED) is 0.479. The summed E-state index contributed by atoms with van der Waals surface area (Å²) in [6, 6.07) is 17.2. The van der Waals surface area contributed by atoms with Crippen LogP contribution in [0.2, 0.25) is 5.02 Å². The van der Waals surface area contributed by atoms with Gasteiger partial charge in [0.25, 0.3) is 5.91 Å². The Morgan fingerprint density at radius 2 is 1.76 bits per heavy atom. The van der Waals surface area contributed by atoms with Crippen molar-refractivity contribution >= 4 is 17.5 Å². The van der Waals surface area contributed by atoms with Crippen molar-refractivity contribution in [3.05, 3.63) is 99.6 Å². The van der Waals surface area contributed by atoms with Crippen LogP contribution in [0.3, 0.4) is 0 Å². The lowest BCUT2D eigenvalue weighted by molar-refractivity contribution is 0.0626. The normalized spacial score (nSPS) is 14.4. The molecule has 1 aliphatic heterocycles. The molecule has 0 spiro atoms. The molecular formula is C26H25ClF2N2O2. The van der Waals surface area contributed by atoms with Gasteiger partial charge in [-0.05, 0) is 48.4 Å². The Labute approximate surface area is 197 Å². The van der Waals surface area contributed by atoms with Crippen LogP contribution in [0.4, 0.5) is 8.78 Å². The van der Waals surface area contributed by atoms with Gasteiger partial charge in [-0.3, -0.25) is 9.69 Å². The molecule has 1 fully saturated rings. The van der Waals surface area contributed by atoms with E-state index in [0.29, 0.717) is 61.2 Å². The molecule has 0 aliphatic carbocycles. The fourth-order valence-corrected chi connectivity index (χ4v) is 4.05. The number of hydrogen-bond acceptors (Lipinski definition) is 3. The number of hydrogen-bond donors (Lipinski definition) is 0. The molecule has 0 aromatic heterocycles. The van der Waals surface area contributed by atoms with Gasteiger partial charge >= 0.3 is 0 Å². The second-order valence-electron chi connectivity index (χ2n) is 8.20. The highest BCUT2D eigenvalue weighted by Crippen LogP contribution is 2.26. The summed E-state index contributed by atoms with van der Waals surface area (Å²) in [7, 11) is 0. The van der Waals surface area contributed by atoms with Crippen molar-refractivity contribution in [1.82, 2.24) is 9.80 Å². The number of nitrogens with zero attached hydrogens (tertiary/aromatic N) is 2. The Morgan fingerprint density at radius 3 is 2.55 bits per heavy atom. The van der Waals surface area contributed by atoms with Crippen molar-refractivity contribution in [3.8, 4) is 5.75 Å². The van der Waals surface area contributed by atoms with Crippen molar-refractivity contribution in [2.75, 3.05) is 26.2 Å². The molecule has 1 aliphatic rings. The summed E-state index contributed by atoms with van der Waals surface area (Å²) in [5.41, 5.74) is 2.85. The summed E-state index contributed by atoms with van der Waals surface area (Å²) in [5, 5.41) is 0.545. The SMILES string of the molecule is Cc1ccc(Cl)c(OCc2cccc(C(=O)N3CCN(Cc4cccc(F)c4F)CC3)c2)c1. The average Bonchev–Trinajstić information content (AvgIpc) is 2.83. The van der Waals surface area contributed by atoms with Gasteiger partial charge in [-0.1, -0.05) is 41.9 Å². The fraction of sp³-hybridized carbons (Fsp3) is 0.269. The van der Waals surface area contributed by atoms with Crippen molar-refractivity contribution in [2.24, 2.45) is 0 Å². The number of carbonyl (C=O) groups excluding carboxylic acids is 1. The predicted molar refractivity (Wildman–Crippen MR) is 125 cm³/mol. The molecule has 1 heterocycles. The van der Waals surface area contributed by atoms with E-state index >= 15 is 0 Å². The minimum absolute atomic E-state index is 0.0537. The number of carbonyl (C=O) groups is 1. The molecule has 3 aromatic carbocycles.